The number of rotatable bonds is 4. The van der Waals surface area contributed by atoms with Gasteiger partial charge in [-0.1, -0.05) is 45.9 Å². The van der Waals surface area contributed by atoms with Gasteiger partial charge in [0, 0.05) is 9.94 Å². The summed E-state index contributed by atoms with van der Waals surface area (Å²) in [6.45, 7) is 9.82. The van der Waals surface area contributed by atoms with Gasteiger partial charge in [0.2, 0.25) is 4.88 Å². The molecule has 2 aromatic carbocycles. The fraction of sp³-hybridized carbons (Fsp3) is 0.375. The summed E-state index contributed by atoms with van der Waals surface area (Å²) in [5.74, 6) is 0.553. The Hall–Kier alpha value is -2.37. The number of aromatic hydroxyl groups is 1. The molecule has 4 nitrogen and oxygen atoms in total. The Morgan fingerprint density at radius 1 is 0.966 bits per heavy atom. The number of nitrogens with zero attached hydrogens (tertiary/aromatic N) is 1. The van der Waals surface area contributed by atoms with Crippen LogP contribution in [0.3, 0.4) is 0 Å². The quantitative estimate of drug-likeness (QED) is 0.528. The van der Waals surface area contributed by atoms with E-state index in [2.05, 4.69) is 50.3 Å². The van der Waals surface area contributed by atoms with Gasteiger partial charge in [-0.15, -0.1) is 0 Å². The standard InChI is InChI=1S/C24H27NO3S/c1-23(2)11-12-24(3,4)20-13-16(5-10-19(20)23)15-28-18-8-6-17(7-9-18)21-14-22(26)25-29(21)27/h5-10,13-14H,11-12,15H2,1-4H3,(H,25,26). The Morgan fingerprint density at radius 3 is 2.24 bits per heavy atom. The van der Waals surface area contributed by atoms with Crippen molar-refractivity contribution in [3.8, 4) is 22.1 Å². The number of benzene rings is 2. The fourth-order valence-corrected chi connectivity index (χ4v) is 4.98. The first-order valence-electron chi connectivity index (χ1n) is 9.94. The molecular formula is C24H27NO3S. The molecule has 4 rings (SSSR count). The summed E-state index contributed by atoms with van der Waals surface area (Å²) in [5.41, 5.74) is 5.21. The average Bonchev–Trinajstić information content (AvgIpc) is 3.02. The van der Waals surface area contributed by atoms with Crippen molar-refractivity contribution in [1.82, 2.24) is 4.37 Å². The Labute approximate surface area is 175 Å². The van der Waals surface area contributed by atoms with Crippen LogP contribution in [-0.4, -0.2) is 14.0 Å². The van der Waals surface area contributed by atoms with E-state index >= 15 is 0 Å². The molecule has 1 atom stereocenters. The van der Waals surface area contributed by atoms with Crippen molar-refractivity contribution < 1.29 is 14.4 Å². The maximum absolute atomic E-state index is 11.9. The highest BCUT2D eigenvalue weighted by Gasteiger charge is 2.36. The summed E-state index contributed by atoms with van der Waals surface area (Å²) in [5, 5.41) is 9.41. The number of fused-ring (bicyclic) bond motifs is 1. The third-order valence-corrected chi connectivity index (χ3v) is 7.17. The summed E-state index contributed by atoms with van der Waals surface area (Å²) in [6.07, 6.45) is 2.40. The van der Waals surface area contributed by atoms with Gasteiger partial charge in [0.15, 0.2) is 0 Å². The number of ether oxygens (including phenoxy) is 1. The van der Waals surface area contributed by atoms with Gasteiger partial charge in [-0.05, 0) is 64.6 Å². The van der Waals surface area contributed by atoms with Gasteiger partial charge in [0.1, 0.15) is 12.4 Å². The zero-order chi connectivity index (χ0) is 20.8. The van der Waals surface area contributed by atoms with Crippen LogP contribution in [0.4, 0.5) is 0 Å². The predicted molar refractivity (Wildman–Crippen MR) is 116 cm³/mol. The molecule has 1 aliphatic carbocycles. The van der Waals surface area contributed by atoms with Gasteiger partial charge in [-0.25, -0.2) is 0 Å². The van der Waals surface area contributed by atoms with E-state index in [9.17, 15) is 9.66 Å². The molecule has 0 saturated carbocycles. The van der Waals surface area contributed by atoms with Crippen molar-refractivity contribution >= 4 is 10.9 Å². The van der Waals surface area contributed by atoms with Crippen molar-refractivity contribution in [3.05, 3.63) is 65.2 Å². The van der Waals surface area contributed by atoms with Gasteiger partial charge in [0.25, 0.3) is 5.88 Å². The van der Waals surface area contributed by atoms with Crippen LogP contribution in [0, 0.1) is 0 Å². The van der Waals surface area contributed by atoms with E-state index in [4.69, 9.17) is 4.74 Å². The number of aromatic nitrogens is 1. The molecule has 0 saturated heterocycles. The molecule has 1 heterocycles. The van der Waals surface area contributed by atoms with Crippen LogP contribution >= 0.6 is 10.9 Å². The van der Waals surface area contributed by atoms with Crippen molar-refractivity contribution in [3.63, 3.8) is 0 Å². The average molecular weight is 410 g/mol. The Morgan fingerprint density at radius 2 is 1.62 bits per heavy atom. The molecule has 0 spiro atoms. The van der Waals surface area contributed by atoms with Crippen LogP contribution in [0.1, 0.15) is 57.2 Å². The number of hydrogen-bond donors (Lipinski definition) is 1. The normalized spacial score (nSPS) is 17.6. The third kappa shape index (κ3) is 3.89. The minimum Gasteiger partial charge on any atom is -0.568 e. The second-order valence-corrected chi connectivity index (χ2v) is 10.3. The van der Waals surface area contributed by atoms with Crippen LogP contribution in [0.15, 0.2) is 48.5 Å². The Bertz CT molecular complexity index is 1030. The highest BCUT2D eigenvalue weighted by atomic mass is 32.2. The van der Waals surface area contributed by atoms with Gasteiger partial charge in [-0.3, -0.25) is 0 Å². The molecule has 29 heavy (non-hydrogen) atoms. The largest absolute Gasteiger partial charge is 0.568 e. The molecule has 0 radical (unpaired) electrons. The van der Waals surface area contributed by atoms with Gasteiger partial charge in [0.05, 0.1) is 17.0 Å². The van der Waals surface area contributed by atoms with E-state index in [0.29, 0.717) is 11.5 Å². The van der Waals surface area contributed by atoms with E-state index in [0.717, 1.165) is 16.9 Å². The Kier molecular flexibility index (Phi) is 4.91. The first-order chi connectivity index (χ1) is 13.7. The minimum absolute atomic E-state index is 0.181. The summed E-state index contributed by atoms with van der Waals surface area (Å²) >= 11 is 0. The molecule has 1 aliphatic rings. The van der Waals surface area contributed by atoms with Crippen molar-refractivity contribution in [2.75, 3.05) is 0 Å². The predicted octanol–water partition coefficient (Wildman–Crippen LogP) is 6.11. The minimum atomic E-state index is -1.54. The summed E-state index contributed by atoms with van der Waals surface area (Å²) in [7, 11) is -1.54. The highest BCUT2D eigenvalue weighted by Crippen LogP contribution is 2.46. The fourth-order valence-electron chi connectivity index (χ4n) is 4.12. The van der Waals surface area contributed by atoms with E-state index in [-0.39, 0.29) is 16.7 Å². The van der Waals surface area contributed by atoms with E-state index in [1.165, 1.54) is 30.0 Å². The molecule has 1 N–H and O–H groups in total. The SMILES string of the molecule is CC1(C)CCC(C)(C)c2cc(COc3ccc(-c4cc(O)n[s+]4[O-])cc3)ccc21. The lowest BCUT2D eigenvalue weighted by molar-refractivity contribution is 0.303. The third-order valence-electron chi connectivity index (χ3n) is 6.09. The van der Waals surface area contributed by atoms with E-state index in [1.807, 2.05) is 24.3 Å². The van der Waals surface area contributed by atoms with Gasteiger partial charge in [-0.2, -0.15) is 0 Å². The maximum atomic E-state index is 11.9. The summed E-state index contributed by atoms with van der Waals surface area (Å²) in [6, 6.07) is 15.6. The van der Waals surface area contributed by atoms with E-state index in [1.54, 1.807) is 0 Å². The van der Waals surface area contributed by atoms with Crippen LogP contribution in [0.2, 0.25) is 0 Å². The Balaban J connectivity index is 1.50. The van der Waals surface area contributed by atoms with Crippen molar-refractivity contribution in [2.45, 2.75) is 58.0 Å². The summed E-state index contributed by atoms with van der Waals surface area (Å²) in [4.78, 5) is 0.508. The lowest BCUT2D eigenvalue weighted by Gasteiger charge is -2.42. The number of hydrogen-bond acceptors (Lipinski definition) is 4. The van der Waals surface area contributed by atoms with Gasteiger partial charge < -0.3 is 14.4 Å². The molecule has 0 fully saturated rings. The molecule has 3 aromatic rings. The van der Waals surface area contributed by atoms with Crippen LogP contribution in [0.25, 0.3) is 10.4 Å². The second kappa shape index (κ2) is 7.15. The highest BCUT2D eigenvalue weighted by molar-refractivity contribution is 7.23. The molecule has 0 amide bonds. The zero-order valence-electron chi connectivity index (χ0n) is 17.4. The van der Waals surface area contributed by atoms with Crippen LogP contribution < -0.4 is 4.74 Å². The molecule has 1 unspecified atom stereocenters. The van der Waals surface area contributed by atoms with E-state index < -0.39 is 10.9 Å². The van der Waals surface area contributed by atoms with Crippen LogP contribution in [-0.2, 0) is 17.4 Å². The lowest BCUT2D eigenvalue weighted by Crippen LogP contribution is -2.33. The molecule has 5 heteroatoms. The lowest BCUT2D eigenvalue weighted by atomic mass is 9.63. The first-order valence-corrected chi connectivity index (χ1v) is 11.0. The summed E-state index contributed by atoms with van der Waals surface area (Å²) < 4.78 is 21.5. The maximum Gasteiger partial charge on any atom is 0.270 e. The van der Waals surface area contributed by atoms with Gasteiger partial charge >= 0.3 is 0 Å². The topological polar surface area (TPSA) is 65.4 Å². The monoisotopic (exact) mass is 409 g/mol. The molecular weight excluding hydrogens is 382 g/mol. The molecule has 1 aromatic heterocycles. The smallest absolute Gasteiger partial charge is 0.270 e. The first kappa shape index (κ1) is 19.9. The molecule has 0 aliphatic heterocycles. The zero-order valence-corrected chi connectivity index (χ0v) is 18.2. The van der Waals surface area contributed by atoms with Crippen molar-refractivity contribution in [1.29, 1.82) is 0 Å². The second-order valence-electron chi connectivity index (χ2n) is 9.17. The molecule has 0 bridgehead atoms. The van der Waals surface area contributed by atoms with Crippen LogP contribution in [0.5, 0.6) is 11.6 Å². The van der Waals surface area contributed by atoms with Crippen molar-refractivity contribution in [2.24, 2.45) is 0 Å². The molecule has 152 valence electrons.